The van der Waals surface area contributed by atoms with E-state index in [1.807, 2.05) is 23.3 Å². The number of nitrogens with one attached hydrogen (secondary N) is 1. The molecule has 10 nitrogen and oxygen atoms in total. The maximum atomic E-state index is 14.4. The summed E-state index contributed by atoms with van der Waals surface area (Å²) in [6.45, 7) is 3.11. The first-order valence-corrected chi connectivity index (χ1v) is 16.3. The van der Waals surface area contributed by atoms with Gasteiger partial charge in [-0.1, -0.05) is 23.7 Å². The number of piperidine rings is 1. The Labute approximate surface area is 272 Å². The van der Waals surface area contributed by atoms with Crippen LogP contribution in [0.4, 0.5) is 14.9 Å². The van der Waals surface area contributed by atoms with Crippen LogP contribution in [0.3, 0.4) is 0 Å². The van der Waals surface area contributed by atoms with Gasteiger partial charge in [0, 0.05) is 62.2 Å². The van der Waals surface area contributed by atoms with Crippen LogP contribution in [0.2, 0.25) is 5.02 Å². The number of hydrogen-bond acceptors (Lipinski definition) is 6. The van der Waals surface area contributed by atoms with E-state index in [0.29, 0.717) is 38.9 Å². The topological polar surface area (TPSA) is 102 Å². The van der Waals surface area contributed by atoms with Crippen molar-refractivity contribution in [2.45, 2.75) is 43.2 Å². The molecule has 0 spiro atoms. The second-order valence-electron chi connectivity index (χ2n) is 11.2. The molecule has 1 N–H and O–H groups in total. The quantitative estimate of drug-likeness (QED) is 0.215. The normalized spacial score (nSPS) is 16.4. The lowest BCUT2D eigenvalue weighted by Crippen LogP contribution is -2.51. The van der Waals surface area contributed by atoms with Crippen LogP contribution in [-0.4, -0.2) is 109 Å². The zero-order valence-electron chi connectivity index (χ0n) is 25.9. The Hall–Kier alpha value is -3.61. The molecule has 2 aliphatic rings. The summed E-state index contributed by atoms with van der Waals surface area (Å²) in [6.07, 6.45) is 5.62. The average Bonchev–Trinajstić information content (AvgIpc) is 3.21. The fourth-order valence-electron chi connectivity index (χ4n) is 5.56. The SMILES string of the molecule is COC[C@@H](C)N(C)C(=O)/C(=C\N(C=O)CC(=O)N1CCC(N2CCc3cc(SC)ccc3NC2=O)CC1)c1cccc(F)c1Cl. The van der Waals surface area contributed by atoms with Crippen molar-refractivity contribution < 1.29 is 28.3 Å². The number of likely N-dealkylation sites (N-methyl/N-ethyl adjacent to an activating group) is 1. The van der Waals surface area contributed by atoms with Gasteiger partial charge in [0.2, 0.25) is 12.3 Å². The summed E-state index contributed by atoms with van der Waals surface area (Å²) in [5.74, 6) is -1.55. The lowest BCUT2D eigenvalue weighted by atomic mass is 10.0. The molecule has 1 fully saturated rings. The fourth-order valence-corrected chi connectivity index (χ4v) is 6.25. The number of carbonyl (C=O) groups excluding carboxylic acids is 4. The maximum absolute atomic E-state index is 14.4. The Kier molecular flexibility index (Phi) is 11.9. The molecule has 0 aromatic heterocycles. The van der Waals surface area contributed by atoms with E-state index in [9.17, 15) is 23.6 Å². The Bertz CT molecular complexity index is 1450. The molecule has 0 saturated carbocycles. The number of likely N-dealkylation sites (tertiary alicyclic amines) is 1. The molecule has 0 bridgehead atoms. The molecule has 45 heavy (non-hydrogen) atoms. The Morgan fingerprint density at radius 1 is 1.22 bits per heavy atom. The Morgan fingerprint density at radius 2 is 1.96 bits per heavy atom. The molecule has 2 heterocycles. The van der Waals surface area contributed by atoms with Crippen molar-refractivity contribution in [2.75, 3.05) is 58.5 Å². The van der Waals surface area contributed by atoms with Crippen LogP contribution in [0.1, 0.15) is 30.9 Å². The minimum Gasteiger partial charge on any atom is -0.383 e. The van der Waals surface area contributed by atoms with Gasteiger partial charge in [-0.15, -0.1) is 11.8 Å². The van der Waals surface area contributed by atoms with Crippen molar-refractivity contribution >= 4 is 58.9 Å². The lowest BCUT2D eigenvalue weighted by Gasteiger charge is -2.38. The zero-order chi connectivity index (χ0) is 32.7. The highest BCUT2D eigenvalue weighted by molar-refractivity contribution is 7.98. The van der Waals surface area contributed by atoms with Crippen molar-refractivity contribution in [1.29, 1.82) is 0 Å². The number of nitrogens with zero attached hydrogens (tertiary/aromatic N) is 4. The van der Waals surface area contributed by atoms with Gasteiger partial charge in [-0.05, 0) is 62.3 Å². The lowest BCUT2D eigenvalue weighted by molar-refractivity contribution is -0.135. The third-order valence-electron chi connectivity index (χ3n) is 8.30. The molecule has 1 atom stereocenters. The Morgan fingerprint density at radius 3 is 2.62 bits per heavy atom. The number of fused-ring (bicyclic) bond motifs is 1. The smallest absolute Gasteiger partial charge is 0.322 e. The first-order valence-electron chi connectivity index (χ1n) is 14.7. The van der Waals surface area contributed by atoms with Crippen LogP contribution < -0.4 is 5.32 Å². The highest BCUT2D eigenvalue weighted by atomic mass is 35.5. The third-order valence-corrected chi connectivity index (χ3v) is 9.41. The van der Waals surface area contributed by atoms with E-state index in [2.05, 4.69) is 11.4 Å². The van der Waals surface area contributed by atoms with Crippen molar-refractivity contribution in [3.63, 3.8) is 0 Å². The van der Waals surface area contributed by atoms with Gasteiger partial charge >= 0.3 is 6.03 Å². The van der Waals surface area contributed by atoms with E-state index in [1.54, 1.807) is 30.6 Å². The fraction of sp³-hybridized carbons (Fsp3) is 0.438. The second kappa shape index (κ2) is 15.6. The predicted octanol–water partition coefficient (Wildman–Crippen LogP) is 4.57. The van der Waals surface area contributed by atoms with Gasteiger partial charge in [0.15, 0.2) is 0 Å². The molecular weight excluding hydrogens is 621 g/mol. The predicted molar refractivity (Wildman–Crippen MR) is 174 cm³/mol. The van der Waals surface area contributed by atoms with Crippen molar-refractivity contribution in [3.05, 3.63) is 64.6 Å². The van der Waals surface area contributed by atoms with Crippen LogP contribution in [0.15, 0.2) is 47.5 Å². The van der Waals surface area contributed by atoms with Crippen LogP contribution in [0.25, 0.3) is 5.57 Å². The highest BCUT2D eigenvalue weighted by Crippen LogP contribution is 2.30. The molecular formula is C32H39ClFN5O5S. The maximum Gasteiger partial charge on any atom is 0.322 e. The van der Waals surface area contributed by atoms with E-state index in [1.165, 1.54) is 36.4 Å². The van der Waals surface area contributed by atoms with Crippen LogP contribution in [0, 0.1) is 5.82 Å². The Balaban J connectivity index is 1.44. The summed E-state index contributed by atoms with van der Waals surface area (Å²) in [6, 6.07) is 9.60. The van der Waals surface area contributed by atoms with Gasteiger partial charge < -0.3 is 29.7 Å². The van der Waals surface area contributed by atoms with Crippen LogP contribution >= 0.6 is 23.4 Å². The van der Waals surface area contributed by atoms with E-state index in [-0.39, 0.29) is 53.3 Å². The van der Waals surface area contributed by atoms with Crippen molar-refractivity contribution in [3.8, 4) is 0 Å². The molecule has 0 aliphatic carbocycles. The molecule has 1 saturated heterocycles. The first-order chi connectivity index (χ1) is 21.6. The number of benzene rings is 2. The minimum absolute atomic E-state index is 0.0329. The van der Waals surface area contributed by atoms with Gasteiger partial charge in [-0.3, -0.25) is 14.4 Å². The molecule has 2 aromatic rings. The molecule has 13 heteroatoms. The van der Waals surface area contributed by atoms with Gasteiger partial charge in [-0.2, -0.15) is 0 Å². The average molecular weight is 660 g/mol. The van der Waals surface area contributed by atoms with Gasteiger partial charge in [0.1, 0.15) is 12.4 Å². The summed E-state index contributed by atoms with van der Waals surface area (Å²) < 4.78 is 19.6. The van der Waals surface area contributed by atoms with Crippen LogP contribution in [0.5, 0.6) is 0 Å². The number of carbonyl (C=O) groups is 4. The van der Waals surface area contributed by atoms with Crippen molar-refractivity contribution in [2.24, 2.45) is 0 Å². The third kappa shape index (κ3) is 8.16. The van der Waals surface area contributed by atoms with Gasteiger partial charge in [0.25, 0.3) is 5.91 Å². The van der Waals surface area contributed by atoms with E-state index in [0.717, 1.165) is 27.5 Å². The molecule has 2 aliphatic heterocycles. The second-order valence-corrected chi connectivity index (χ2v) is 12.4. The van der Waals surface area contributed by atoms with E-state index >= 15 is 0 Å². The number of anilines is 1. The molecule has 0 radical (unpaired) electrons. The number of thioether (sulfide) groups is 1. The highest BCUT2D eigenvalue weighted by Gasteiger charge is 2.32. The number of urea groups is 1. The van der Waals surface area contributed by atoms with Gasteiger partial charge in [-0.25, -0.2) is 9.18 Å². The minimum atomic E-state index is -0.719. The number of ether oxygens (including phenoxy) is 1. The zero-order valence-corrected chi connectivity index (χ0v) is 27.5. The largest absolute Gasteiger partial charge is 0.383 e. The summed E-state index contributed by atoms with van der Waals surface area (Å²) in [5.41, 5.74) is 1.98. The number of halogens is 2. The first kappa shape index (κ1) is 34.3. The number of amides is 5. The summed E-state index contributed by atoms with van der Waals surface area (Å²) in [5, 5.41) is 2.76. The number of hydrogen-bond donors (Lipinski definition) is 1. The van der Waals surface area contributed by atoms with E-state index < -0.39 is 11.7 Å². The monoisotopic (exact) mass is 659 g/mol. The molecule has 4 rings (SSSR count). The molecule has 5 amide bonds. The van der Waals surface area contributed by atoms with E-state index in [4.69, 9.17) is 16.3 Å². The van der Waals surface area contributed by atoms with Gasteiger partial charge in [0.05, 0.1) is 23.2 Å². The number of rotatable bonds is 11. The van der Waals surface area contributed by atoms with Crippen molar-refractivity contribution in [1.82, 2.24) is 19.6 Å². The summed E-state index contributed by atoms with van der Waals surface area (Å²) >= 11 is 7.90. The summed E-state index contributed by atoms with van der Waals surface area (Å²) in [7, 11) is 3.08. The molecule has 242 valence electrons. The molecule has 2 aromatic carbocycles. The number of methoxy groups -OCH3 is 1. The summed E-state index contributed by atoms with van der Waals surface area (Å²) in [4.78, 5) is 59.2. The van der Waals surface area contributed by atoms with Crippen LogP contribution in [-0.2, 0) is 25.5 Å². The standard InChI is InChI=1S/C32H39ClFN5O5S/c1-21(19-44-3)36(2)31(42)26(25-6-5-7-27(34)30(25)33)17-37(20-40)18-29(41)38-13-11-23(12-14-38)39-15-10-22-16-24(45-4)8-9-28(22)35-32(39)43/h5-9,16-17,20-21,23H,10-15,18-19H2,1-4H3,(H,35,43)/b26-17-/t21-/m1/s1. The molecule has 0 unspecified atom stereocenters.